The lowest BCUT2D eigenvalue weighted by molar-refractivity contribution is -0.164. The van der Waals surface area contributed by atoms with Crippen LogP contribution in [0.1, 0.15) is 53.1 Å². The Kier molecular flexibility index (Phi) is 7.73. The molecular weight excluding hydrogens is 425 g/mol. The number of carbonyl (C=O) groups is 2. The number of rotatable bonds is 6. The number of hydrogen-bond acceptors (Lipinski definition) is 6. The maximum Gasteiger partial charge on any atom is 0.340 e. The first-order valence-electron chi connectivity index (χ1n) is 11.5. The second-order valence-electron chi connectivity index (χ2n) is 8.69. The summed E-state index contributed by atoms with van der Waals surface area (Å²) in [5, 5.41) is 0. The summed E-state index contributed by atoms with van der Waals surface area (Å²) in [4.78, 5) is 26.6. The molecule has 176 valence electrons. The third kappa shape index (κ3) is 5.78. The van der Waals surface area contributed by atoms with Crippen LogP contribution < -0.4 is 0 Å². The van der Waals surface area contributed by atoms with Crippen LogP contribution in [0, 0.1) is 5.82 Å². The predicted molar refractivity (Wildman–Crippen MR) is 120 cm³/mol. The van der Waals surface area contributed by atoms with Crippen LogP contribution in [0.4, 0.5) is 4.39 Å². The van der Waals surface area contributed by atoms with Gasteiger partial charge in [-0.3, -0.25) is 4.90 Å². The van der Waals surface area contributed by atoms with Crippen molar-refractivity contribution < 1.29 is 28.2 Å². The number of piperidine rings is 1. The lowest BCUT2D eigenvalue weighted by atomic mass is 9.87. The van der Waals surface area contributed by atoms with E-state index in [0.717, 1.165) is 43.5 Å². The lowest BCUT2D eigenvalue weighted by Crippen LogP contribution is -2.48. The van der Waals surface area contributed by atoms with Crippen molar-refractivity contribution in [1.29, 1.82) is 0 Å². The topological polar surface area (TPSA) is 65.1 Å². The Balaban J connectivity index is 1.23. The van der Waals surface area contributed by atoms with Crippen LogP contribution in [0.3, 0.4) is 0 Å². The van der Waals surface area contributed by atoms with Crippen molar-refractivity contribution in [3.8, 4) is 0 Å². The van der Waals surface area contributed by atoms with Crippen molar-refractivity contribution in [2.75, 3.05) is 26.8 Å². The van der Waals surface area contributed by atoms with Gasteiger partial charge in [0.25, 0.3) is 0 Å². The fraction of sp³-hybridized carbons (Fsp3) is 0.462. The molecule has 0 spiro atoms. The number of halogens is 1. The highest BCUT2D eigenvalue weighted by Gasteiger charge is 2.33. The van der Waals surface area contributed by atoms with Crippen molar-refractivity contribution in [3.63, 3.8) is 0 Å². The summed E-state index contributed by atoms with van der Waals surface area (Å²) in [5.74, 6) is -1.23. The molecule has 0 N–H and O–H groups in total. The third-order valence-corrected chi connectivity index (χ3v) is 6.65. The molecule has 0 unspecified atom stereocenters. The highest BCUT2D eigenvalue weighted by atomic mass is 19.1. The van der Waals surface area contributed by atoms with Crippen molar-refractivity contribution in [2.24, 2.45) is 0 Å². The molecule has 2 aromatic rings. The van der Waals surface area contributed by atoms with Crippen molar-refractivity contribution >= 4 is 11.9 Å². The average Bonchev–Trinajstić information content (AvgIpc) is 2.88. The number of hydrogen-bond donors (Lipinski definition) is 0. The summed E-state index contributed by atoms with van der Waals surface area (Å²) in [5.41, 5.74) is 1.92. The van der Waals surface area contributed by atoms with E-state index >= 15 is 0 Å². The van der Waals surface area contributed by atoms with Gasteiger partial charge in [0, 0.05) is 6.04 Å². The van der Waals surface area contributed by atoms with E-state index in [1.807, 2.05) is 30.3 Å². The van der Waals surface area contributed by atoms with Crippen LogP contribution >= 0.6 is 0 Å². The van der Waals surface area contributed by atoms with Gasteiger partial charge in [-0.1, -0.05) is 36.4 Å². The fourth-order valence-electron chi connectivity index (χ4n) is 4.69. The smallest absolute Gasteiger partial charge is 0.340 e. The maximum absolute atomic E-state index is 13.9. The third-order valence-electron chi connectivity index (χ3n) is 6.65. The largest absolute Gasteiger partial charge is 0.465 e. The van der Waals surface area contributed by atoms with Gasteiger partial charge in [-0.2, -0.15) is 0 Å². The molecule has 0 saturated carbocycles. The van der Waals surface area contributed by atoms with Crippen molar-refractivity contribution in [1.82, 2.24) is 4.90 Å². The number of carbonyl (C=O) groups excluding carboxylic acids is 2. The summed E-state index contributed by atoms with van der Waals surface area (Å²) < 4.78 is 29.9. The first-order chi connectivity index (χ1) is 16.0. The number of ether oxygens (including phenoxy) is 3. The summed E-state index contributed by atoms with van der Waals surface area (Å²) in [6.07, 6.45) is 2.88. The van der Waals surface area contributed by atoms with Crippen LogP contribution in [0.5, 0.6) is 0 Å². The molecule has 2 saturated heterocycles. The molecule has 2 heterocycles. The summed E-state index contributed by atoms with van der Waals surface area (Å²) in [6.45, 7) is 2.57. The summed E-state index contributed by atoms with van der Waals surface area (Å²) >= 11 is 0. The molecule has 7 heteroatoms. The van der Waals surface area contributed by atoms with Crippen LogP contribution in [0.15, 0.2) is 48.5 Å². The second kappa shape index (κ2) is 10.9. The van der Waals surface area contributed by atoms with E-state index in [0.29, 0.717) is 13.0 Å². The summed E-state index contributed by atoms with van der Waals surface area (Å²) in [7, 11) is 1.26. The molecule has 0 aliphatic carbocycles. The van der Waals surface area contributed by atoms with E-state index in [2.05, 4.69) is 9.64 Å². The molecule has 2 aliphatic heterocycles. The normalized spacial score (nSPS) is 22.0. The van der Waals surface area contributed by atoms with E-state index in [1.165, 1.54) is 13.2 Å². The van der Waals surface area contributed by atoms with Gasteiger partial charge in [0.15, 0.2) is 6.10 Å². The fourth-order valence-corrected chi connectivity index (χ4v) is 4.69. The predicted octanol–water partition coefficient (Wildman–Crippen LogP) is 4.08. The molecule has 0 amide bonds. The Morgan fingerprint density at radius 3 is 2.48 bits per heavy atom. The van der Waals surface area contributed by atoms with Gasteiger partial charge < -0.3 is 14.2 Å². The van der Waals surface area contributed by atoms with Gasteiger partial charge in [-0.05, 0) is 68.0 Å². The van der Waals surface area contributed by atoms with E-state index < -0.39 is 17.9 Å². The minimum absolute atomic E-state index is 0.0108. The van der Waals surface area contributed by atoms with Crippen molar-refractivity contribution in [3.05, 3.63) is 71.0 Å². The van der Waals surface area contributed by atoms with Crippen LogP contribution in [0.2, 0.25) is 0 Å². The quantitative estimate of drug-likeness (QED) is 0.612. The molecule has 2 fully saturated rings. The number of likely N-dealkylation sites (tertiary alicyclic amines) is 1. The minimum atomic E-state index is -0.650. The Morgan fingerprint density at radius 2 is 1.82 bits per heavy atom. The molecule has 2 aliphatic rings. The van der Waals surface area contributed by atoms with Gasteiger partial charge in [0.05, 0.1) is 19.3 Å². The standard InChI is InChI=1S/C26H30FNO5/c1-31-25(29)22-15-20(7-9-23(22)27)19-11-13-28(14-12-19)21-8-10-24(32-17-21)26(30)33-16-18-5-3-2-4-6-18/h2-7,9,15,19,21,24H,8,10-14,16-17H2,1H3/t21-,24-/m1/s1. The molecule has 6 nitrogen and oxygen atoms in total. The molecule has 4 rings (SSSR count). The van der Waals surface area contributed by atoms with Crippen LogP contribution in [-0.4, -0.2) is 55.8 Å². The Hall–Kier alpha value is -2.77. The van der Waals surface area contributed by atoms with Crippen LogP contribution in [0.25, 0.3) is 0 Å². The monoisotopic (exact) mass is 455 g/mol. The van der Waals surface area contributed by atoms with Crippen LogP contribution in [-0.2, 0) is 25.6 Å². The molecule has 0 aromatic heterocycles. The average molecular weight is 456 g/mol. The highest BCUT2D eigenvalue weighted by molar-refractivity contribution is 5.89. The van der Waals surface area contributed by atoms with E-state index in [4.69, 9.17) is 9.47 Å². The second-order valence-corrected chi connectivity index (χ2v) is 8.69. The SMILES string of the molecule is COC(=O)c1cc(C2CCN([C@@H]3CC[C@H](C(=O)OCc4ccccc4)OC3)CC2)ccc1F. The Morgan fingerprint density at radius 1 is 1.06 bits per heavy atom. The van der Waals surface area contributed by atoms with Gasteiger partial charge >= 0.3 is 11.9 Å². The number of nitrogens with zero attached hydrogens (tertiary/aromatic N) is 1. The van der Waals surface area contributed by atoms with E-state index in [9.17, 15) is 14.0 Å². The Bertz CT molecular complexity index is 950. The molecule has 33 heavy (non-hydrogen) atoms. The van der Waals surface area contributed by atoms with Gasteiger partial charge in [-0.15, -0.1) is 0 Å². The van der Waals surface area contributed by atoms with Gasteiger partial charge in [-0.25, -0.2) is 14.0 Å². The molecular formula is C26H30FNO5. The van der Waals surface area contributed by atoms with Crippen molar-refractivity contribution in [2.45, 2.75) is 50.4 Å². The van der Waals surface area contributed by atoms with E-state index in [-0.39, 0.29) is 30.1 Å². The van der Waals surface area contributed by atoms with Gasteiger partial charge in [0.1, 0.15) is 12.4 Å². The first kappa shape index (κ1) is 23.4. The molecule has 2 aromatic carbocycles. The first-order valence-corrected chi connectivity index (χ1v) is 11.5. The minimum Gasteiger partial charge on any atom is -0.465 e. The Labute approximate surface area is 193 Å². The lowest BCUT2D eigenvalue weighted by Gasteiger charge is -2.40. The number of methoxy groups -OCH3 is 1. The number of esters is 2. The number of benzene rings is 2. The highest BCUT2D eigenvalue weighted by Crippen LogP contribution is 2.32. The van der Waals surface area contributed by atoms with Gasteiger partial charge in [0.2, 0.25) is 0 Å². The van der Waals surface area contributed by atoms with E-state index in [1.54, 1.807) is 12.1 Å². The maximum atomic E-state index is 13.9. The summed E-state index contributed by atoms with van der Waals surface area (Å²) in [6, 6.07) is 14.6. The zero-order chi connectivity index (χ0) is 23.2. The zero-order valence-electron chi connectivity index (χ0n) is 18.9. The zero-order valence-corrected chi connectivity index (χ0v) is 18.9. The molecule has 0 radical (unpaired) electrons. The molecule has 2 atom stereocenters. The molecule has 0 bridgehead atoms.